The Balaban J connectivity index is 1.87. The van der Waals surface area contributed by atoms with Crippen molar-refractivity contribution in [3.63, 3.8) is 0 Å². The summed E-state index contributed by atoms with van der Waals surface area (Å²) in [7, 11) is 0. The van der Waals surface area contributed by atoms with E-state index in [2.05, 4.69) is 26.9 Å². The Morgan fingerprint density at radius 2 is 2.05 bits per heavy atom. The van der Waals surface area contributed by atoms with E-state index < -0.39 is 5.97 Å². The van der Waals surface area contributed by atoms with Gasteiger partial charge in [0.1, 0.15) is 4.34 Å². The zero-order valence-corrected chi connectivity index (χ0v) is 13.6. The predicted octanol–water partition coefficient (Wildman–Crippen LogP) is 2.76. The van der Waals surface area contributed by atoms with Gasteiger partial charge in [-0.05, 0) is 35.0 Å². The van der Waals surface area contributed by atoms with Gasteiger partial charge in [-0.2, -0.15) is 0 Å². The van der Waals surface area contributed by atoms with E-state index >= 15 is 0 Å². The van der Waals surface area contributed by atoms with Crippen molar-refractivity contribution in [1.29, 1.82) is 0 Å². The first kappa shape index (κ1) is 15.3. The second-order valence-electron chi connectivity index (χ2n) is 4.63. The number of hydrogen-bond donors (Lipinski definition) is 1. The highest BCUT2D eigenvalue weighted by Gasteiger charge is 2.17. The first-order valence-corrected chi connectivity index (χ1v) is 8.13. The third-order valence-corrected chi connectivity index (χ3v) is 5.58. The summed E-state index contributed by atoms with van der Waals surface area (Å²) in [5.74, 6) is -0.748. The summed E-state index contributed by atoms with van der Waals surface area (Å²) in [6, 6.07) is 2.06. The molecule has 4 nitrogen and oxygen atoms in total. The fourth-order valence-corrected chi connectivity index (χ4v) is 4.05. The number of hydrogen-bond acceptors (Lipinski definition) is 4. The van der Waals surface area contributed by atoms with Crippen LogP contribution in [0.5, 0.6) is 0 Å². The zero-order chi connectivity index (χ0) is 13.8. The molecule has 0 spiro atoms. The van der Waals surface area contributed by atoms with Crippen molar-refractivity contribution < 1.29 is 9.90 Å². The maximum atomic E-state index is 10.7. The van der Waals surface area contributed by atoms with Crippen LogP contribution in [0.1, 0.15) is 11.3 Å². The smallest absolute Gasteiger partial charge is 0.317 e. The molecule has 0 aromatic carbocycles. The lowest BCUT2D eigenvalue weighted by atomic mass is 10.3. The summed E-state index contributed by atoms with van der Waals surface area (Å²) in [6.07, 6.45) is 1.01. The molecule has 0 saturated carbocycles. The fourth-order valence-electron chi connectivity index (χ4n) is 2.22. The molecule has 0 atom stereocenters. The minimum absolute atomic E-state index is 0.143. The highest BCUT2D eigenvalue weighted by molar-refractivity contribution is 9.10. The second kappa shape index (κ2) is 7.04. The molecule has 1 aliphatic rings. The van der Waals surface area contributed by atoms with Gasteiger partial charge < -0.3 is 5.11 Å². The van der Waals surface area contributed by atoms with E-state index in [9.17, 15) is 4.79 Å². The molecule has 1 fully saturated rings. The molecule has 0 amide bonds. The van der Waals surface area contributed by atoms with Crippen LogP contribution in [0.25, 0.3) is 0 Å². The molecule has 2 rings (SSSR count). The molecule has 1 N–H and O–H groups in total. The van der Waals surface area contributed by atoms with Crippen molar-refractivity contribution in [3.8, 4) is 0 Å². The van der Waals surface area contributed by atoms with Crippen molar-refractivity contribution in [2.75, 3.05) is 32.7 Å². The molecule has 1 aliphatic heterocycles. The number of carboxylic acids is 1. The largest absolute Gasteiger partial charge is 0.480 e. The Bertz CT molecular complexity index is 435. The van der Waals surface area contributed by atoms with E-state index in [1.807, 2.05) is 4.90 Å². The number of halogens is 2. The number of carboxylic acid groups (broad SMARTS) is 1. The molecule has 2 heterocycles. The van der Waals surface area contributed by atoms with Gasteiger partial charge in [0.2, 0.25) is 0 Å². The molecule has 7 heteroatoms. The second-order valence-corrected chi connectivity index (χ2v) is 7.23. The molecular weight excluding hydrogens is 352 g/mol. The Morgan fingerprint density at radius 3 is 2.68 bits per heavy atom. The van der Waals surface area contributed by atoms with Crippen LogP contribution in [0, 0.1) is 0 Å². The van der Waals surface area contributed by atoms with Crippen LogP contribution >= 0.6 is 38.9 Å². The topological polar surface area (TPSA) is 43.8 Å². The summed E-state index contributed by atoms with van der Waals surface area (Å²) in [5.41, 5.74) is 0. The van der Waals surface area contributed by atoms with Crippen LogP contribution in [-0.4, -0.2) is 53.6 Å². The average Bonchev–Trinajstić information content (AvgIpc) is 2.51. The van der Waals surface area contributed by atoms with Crippen LogP contribution in [0.4, 0.5) is 0 Å². The maximum Gasteiger partial charge on any atom is 0.317 e. The van der Waals surface area contributed by atoms with Gasteiger partial charge >= 0.3 is 5.97 Å². The van der Waals surface area contributed by atoms with Gasteiger partial charge in [-0.15, -0.1) is 11.3 Å². The number of rotatable bonds is 4. The summed E-state index contributed by atoms with van der Waals surface area (Å²) in [5, 5.41) is 8.82. The first-order chi connectivity index (χ1) is 9.04. The summed E-state index contributed by atoms with van der Waals surface area (Å²) in [4.78, 5) is 16.3. The minimum atomic E-state index is -0.748. The minimum Gasteiger partial charge on any atom is -0.480 e. The Labute approximate surface area is 130 Å². The standard InChI is InChI=1S/C12H16BrClN2O2S/c13-10-6-9(19-12(10)14)7-15-2-1-3-16(5-4-15)8-11(17)18/h6H,1-5,7-8H2,(H,17,18). The van der Waals surface area contributed by atoms with Gasteiger partial charge in [-0.25, -0.2) is 0 Å². The predicted molar refractivity (Wildman–Crippen MR) is 81.0 cm³/mol. The van der Waals surface area contributed by atoms with Crippen LogP contribution < -0.4 is 0 Å². The maximum absolute atomic E-state index is 10.7. The summed E-state index contributed by atoms with van der Waals surface area (Å²) >= 11 is 11.1. The number of nitrogens with zero attached hydrogens (tertiary/aromatic N) is 2. The molecule has 0 radical (unpaired) electrons. The monoisotopic (exact) mass is 366 g/mol. The normalized spacial score (nSPS) is 18.4. The van der Waals surface area contributed by atoms with E-state index in [1.54, 1.807) is 11.3 Å². The lowest BCUT2D eigenvalue weighted by molar-refractivity contribution is -0.138. The van der Waals surface area contributed by atoms with Gasteiger partial charge in [0, 0.05) is 35.5 Å². The molecule has 1 aromatic heterocycles. The van der Waals surface area contributed by atoms with Crippen LogP contribution in [-0.2, 0) is 11.3 Å². The van der Waals surface area contributed by atoms with Crippen molar-refractivity contribution in [3.05, 3.63) is 19.8 Å². The van der Waals surface area contributed by atoms with Crippen LogP contribution in [0.15, 0.2) is 10.5 Å². The molecule has 0 unspecified atom stereocenters. The molecule has 0 aliphatic carbocycles. The van der Waals surface area contributed by atoms with E-state index in [0.29, 0.717) is 0 Å². The summed E-state index contributed by atoms with van der Waals surface area (Å²) < 4.78 is 1.74. The molecule has 0 bridgehead atoms. The quantitative estimate of drug-likeness (QED) is 0.889. The highest BCUT2D eigenvalue weighted by Crippen LogP contribution is 2.32. The highest BCUT2D eigenvalue weighted by atomic mass is 79.9. The Hall–Kier alpha value is -0.140. The third kappa shape index (κ3) is 4.72. The van der Waals surface area contributed by atoms with Gasteiger partial charge in [0.25, 0.3) is 0 Å². The summed E-state index contributed by atoms with van der Waals surface area (Å²) in [6.45, 7) is 4.61. The van der Waals surface area contributed by atoms with Crippen molar-refractivity contribution in [2.24, 2.45) is 0 Å². The Kier molecular flexibility index (Phi) is 5.65. The van der Waals surface area contributed by atoms with Crippen molar-refractivity contribution >= 4 is 44.8 Å². The van der Waals surface area contributed by atoms with Gasteiger partial charge in [-0.3, -0.25) is 14.6 Å². The molecule has 1 saturated heterocycles. The fraction of sp³-hybridized carbons (Fsp3) is 0.583. The first-order valence-electron chi connectivity index (χ1n) is 6.15. The lowest BCUT2D eigenvalue weighted by Crippen LogP contribution is -2.33. The van der Waals surface area contributed by atoms with Gasteiger partial charge in [0.05, 0.1) is 6.54 Å². The van der Waals surface area contributed by atoms with Crippen molar-refractivity contribution in [1.82, 2.24) is 9.80 Å². The Morgan fingerprint density at radius 1 is 1.37 bits per heavy atom. The van der Waals surface area contributed by atoms with E-state index in [0.717, 1.165) is 48.0 Å². The SMILES string of the molecule is O=C(O)CN1CCCN(Cc2cc(Br)c(Cl)s2)CC1. The number of thiophene rings is 1. The number of aliphatic carboxylic acids is 1. The van der Waals surface area contributed by atoms with E-state index in [4.69, 9.17) is 16.7 Å². The van der Waals surface area contributed by atoms with E-state index in [-0.39, 0.29) is 6.54 Å². The molecule has 1 aromatic rings. The van der Waals surface area contributed by atoms with E-state index in [1.165, 1.54) is 4.88 Å². The molecule has 106 valence electrons. The van der Waals surface area contributed by atoms with Crippen molar-refractivity contribution in [2.45, 2.75) is 13.0 Å². The lowest BCUT2D eigenvalue weighted by Gasteiger charge is -2.20. The van der Waals surface area contributed by atoms with Gasteiger partial charge in [0.15, 0.2) is 0 Å². The zero-order valence-electron chi connectivity index (χ0n) is 10.4. The third-order valence-electron chi connectivity index (χ3n) is 3.12. The number of carbonyl (C=O) groups is 1. The average molecular weight is 368 g/mol. The molecular formula is C12H16BrClN2O2S. The van der Waals surface area contributed by atoms with Crippen LogP contribution in [0.3, 0.4) is 0 Å². The van der Waals surface area contributed by atoms with Crippen LogP contribution in [0.2, 0.25) is 4.34 Å². The molecule has 19 heavy (non-hydrogen) atoms. The van der Waals surface area contributed by atoms with Gasteiger partial charge in [-0.1, -0.05) is 11.6 Å².